The summed E-state index contributed by atoms with van der Waals surface area (Å²) in [6.07, 6.45) is 4.60. The zero-order valence-electron chi connectivity index (χ0n) is 10.6. The van der Waals surface area contributed by atoms with E-state index in [0.29, 0.717) is 11.4 Å². The highest BCUT2D eigenvalue weighted by Crippen LogP contribution is 2.26. The zero-order valence-corrected chi connectivity index (χ0v) is 11.4. The lowest BCUT2D eigenvalue weighted by molar-refractivity contribution is 0.110. The van der Waals surface area contributed by atoms with Crippen molar-refractivity contribution in [3.63, 3.8) is 0 Å². The van der Waals surface area contributed by atoms with E-state index in [1.54, 1.807) is 6.26 Å². The van der Waals surface area contributed by atoms with Gasteiger partial charge in [0.05, 0.1) is 12.4 Å². The van der Waals surface area contributed by atoms with Crippen LogP contribution in [-0.2, 0) is 4.74 Å². The van der Waals surface area contributed by atoms with Gasteiger partial charge in [0.25, 0.3) is 0 Å². The molecule has 0 amide bonds. The van der Waals surface area contributed by atoms with E-state index in [0.717, 1.165) is 25.5 Å². The van der Waals surface area contributed by atoms with Crippen molar-refractivity contribution in [1.29, 1.82) is 0 Å². The summed E-state index contributed by atoms with van der Waals surface area (Å²) in [5.74, 6) is 1.01. The molecule has 1 aromatic heterocycles. The third-order valence-corrected chi connectivity index (χ3v) is 4.21. The van der Waals surface area contributed by atoms with Crippen LogP contribution in [-0.4, -0.2) is 31.1 Å². The SMILES string of the molecule is Cc1occc1SC(C)CNCC1CCCO1. The number of thioether (sulfide) groups is 1. The molecule has 0 aromatic carbocycles. The summed E-state index contributed by atoms with van der Waals surface area (Å²) >= 11 is 1.86. The minimum atomic E-state index is 0.433. The van der Waals surface area contributed by atoms with E-state index in [1.165, 1.54) is 17.7 Å². The Hall–Kier alpha value is -0.450. The normalized spacial score (nSPS) is 21.9. The fourth-order valence-corrected chi connectivity index (χ4v) is 2.99. The number of aryl methyl sites for hydroxylation is 1. The van der Waals surface area contributed by atoms with E-state index in [-0.39, 0.29) is 0 Å². The van der Waals surface area contributed by atoms with Gasteiger partial charge in [-0.2, -0.15) is 0 Å². The molecular weight excluding hydrogens is 234 g/mol. The van der Waals surface area contributed by atoms with E-state index in [9.17, 15) is 0 Å². The van der Waals surface area contributed by atoms with Crippen LogP contribution in [0, 0.1) is 6.92 Å². The van der Waals surface area contributed by atoms with Crippen molar-refractivity contribution in [2.75, 3.05) is 19.7 Å². The van der Waals surface area contributed by atoms with Crippen molar-refractivity contribution in [1.82, 2.24) is 5.32 Å². The van der Waals surface area contributed by atoms with Gasteiger partial charge < -0.3 is 14.5 Å². The number of furan rings is 1. The molecule has 2 unspecified atom stereocenters. The quantitative estimate of drug-likeness (QED) is 0.793. The van der Waals surface area contributed by atoms with E-state index in [2.05, 4.69) is 12.2 Å². The maximum absolute atomic E-state index is 5.58. The van der Waals surface area contributed by atoms with Crippen LogP contribution in [0.15, 0.2) is 21.6 Å². The first kappa shape index (κ1) is 13.0. The van der Waals surface area contributed by atoms with Gasteiger partial charge in [0.1, 0.15) is 5.76 Å². The molecule has 2 heterocycles. The number of rotatable bonds is 6. The largest absolute Gasteiger partial charge is 0.468 e. The van der Waals surface area contributed by atoms with E-state index < -0.39 is 0 Å². The molecule has 0 spiro atoms. The number of hydrogen-bond donors (Lipinski definition) is 1. The number of ether oxygens (including phenoxy) is 1. The van der Waals surface area contributed by atoms with Crippen molar-refractivity contribution in [3.8, 4) is 0 Å². The van der Waals surface area contributed by atoms with Crippen LogP contribution >= 0.6 is 11.8 Å². The molecule has 0 radical (unpaired) electrons. The molecule has 1 aromatic rings. The highest BCUT2D eigenvalue weighted by molar-refractivity contribution is 8.00. The molecule has 1 aliphatic heterocycles. The average Bonchev–Trinajstić information content (AvgIpc) is 2.92. The second-order valence-electron chi connectivity index (χ2n) is 4.56. The lowest BCUT2D eigenvalue weighted by Crippen LogP contribution is -2.30. The number of nitrogens with one attached hydrogen (secondary N) is 1. The first-order valence-corrected chi connectivity index (χ1v) is 7.16. The highest BCUT2D eigenvalue weighted by Gasteiger charge is 2.15. The monoisotopic (exact) mass is 255 g/mol. The summed E-state index contributed by atoms with van der Waals surface area (Å²) in [6.45, 7) is 7.17. The van der Waals surface area contributed by atoms with Crippen LogP contribution in [0.2, 0.25) is 0 Å². The van der Waals surface area contributed by atoms with Gasteiger partial charge in [0.15, 0.2) is 0 Å². The van der Waals surface area contributed by atoms with Crippen molar-refractivity contribution >= 4 is 11.8 Å². The molecule has 0 saturated carbocycles. The molecule has 1 saturated heterocycles. The zero-order chi connectivity index (χ0) is 12.1. The third-order valence-electron chi connectivity index (χ3n) is 2.97. The summed E-state index contributed by atoms with van der Waals surface area (Å²) in [7, 11) is 0. The van der Waals surface area contributed by atoms with Gasteiger partial charge in [-0.05, 0) is 25.8 Å². The Kier molecular flexibility index (Phi) is 4.95. The molecular formula is C13H21NO2S. The Morgan fingerprint density at radius 3 is 3.12 bits per heavy atom. The summed E-state index contributed by atoms with van der Waals surface area (Å²) in [5.41, 5.74) is 0. The van der Waals surface area contributed by atoms with Crippen molar-refractivity contribution in [2.45, 2.75) is 42.9 Å². The van der Waals surface area contributed by atoms with Gasteiger partial charge >= 0.3 is 0 Å². The van der Waals surface area contributed by atoms with Crippen LogP contribution in [0.5, 0.6) is 0 Å². The smallest absolute Gasteiger partial charge is 0.114 e. The minimum absolute atomic E-state index is 0.433. The minimum Gasteiger partial charge on any atom is -0.468 e. The van der Waals surface area contributed by atoms with Crippen molar-refractivity contribution in [2.24, 2.45) is 0 Å². The third kappa shape index (κ3) is 4.05. The Bertz CT molecular complexity index is 334. The Labute approximate surface area is 107 Å². The fraction of sp³-hybridized carbons (Fsp3) is 0.692. The standard InChI is InChI=1S/C13H21NO2S/c1-10(17-13-5-7-15-11(13)2)8-14-9-12-4-3-6-16-12/h5,7,10,12,14H,3-4,6,8-9H2,1-2H3. The Balaban J connectivity index is 1.63. The van der Waals surface area contributed by atoms with Gasteiger partial charge in [0, 0.05) is 29.8 Å². The van der Waals surface area contributed by atoms with E-state index in [4.69, 9.17) is 9.15 Å². The van der Waals surface area contributed by atoms with Crippen LogP contribution < -0.4 is 5.32 Å². The topological polar surface area (TPSA) is 34.4 Å². The predicted molar refractivity (Wildman–Crippen MR) is 70.6 cm³/mol. The predicted octanol–water partition coefficient (Wildman–Crippen LogP) is 2.84. The van der Waals surface area contributed by atoms with Crippen LogP contribution in [0.25, 0.3) is 0 Å². The summed E-state index contributed by atoms with van der Waals surface area (Å²) in [6, 6.07) is 2.04. The molecule has 2 rings (SSSR count). The second-order valence-corrected chi connectivity index (χ2v) is 6.04. The first-order valence-electron chi connectivity index (χ1n) is 6.29. The molecule has 1 aliphatic rings. The van der Waals surface area contributed by atoms with Gasteiger partial charge in [-0.15, -0.1) is 11.8 Å². The van der Waals surface area contributed by atoms with Gasteiger partial charge in [-0.1, -0.05) is 6.92 Å². The average molecular weight is 255 g/mol. The van der Waals surface area contributed by atoms with Crippen LogP contribution in [0.3, 0.4) is 0 Å². The lowest BCUT2D eigenvalue weighted by atomic mass is 10.2. The van der Waals surface area contributed by atoms with Crippen molar-refractivity contribution < 1.29 is 9.15 Å². The second kappa shape index (κ2) is 6.47. The molecule has 3 nitrogen and oxygen atoms in total. The number of hydrogen-bond acceptors (Lipinski definition) is 4. The van der Waals surface area contributed by atoms with Gasteiger partial charge in [-0.3, -0.25) is 0 Å². The molecule has 0 aliphatic carbocycles. The van der Waals surface area contributed by atoms with Gasteiger partial charge in [-0.25, -0.2) is 0 Å². The maximum atomic E-state index is 5.58. The van der Waals surface area contributed by atoms with E-state index >= 15 is 0 Å². The first-order chi connectivity index (χ1) is 8.25. The van der Waals surface area contributed by atoms with Crippen molar-refractivity contribution in [3.05, 3.63) is 18.1 Å². The Morgan fingerprint density at radius 2 is 2.47 bits per heavy atom. The maximum Gasteiger partial charge on any atom is 0.114 e. The summed E-state index contributed by atoms with van der Waals surface area (Å²) in [5, 5.41) is 4.03. The van der Waals surface area contributed by atoms with E-state index in [1.807, 2.05) is 24.8 Å². The lowest BCUT2D eigenvalue weighted by Gasteiger charge is -2.14. The fourth-order valence-electron chi connectivity index (χ4n) is 2.01. The molecule has 1 fully saturated rings. The molecule has 0 bridgehead atoms. The van der Waals surface area contributed by atoms with Crippen LogP contribution in [0.4, 0.5) is 0 Å². The molecule has 17 heavy (non-hydrogen) atoms. The summed E-state index contributed by atoms with van der Waals surface area (Å²) < 4.78 is 10.9. The molecule has 4 heteroatoms. The Morgan fingerprint density at radius 1 is 1.59 bits per heavy atom. The molecule has 1 N–H and O–H groups in total. The molecule has 96 valence electrons. The molecule has 2 atom stereocenters. The highest BCUT2D eigenvalue weighted by atomic mass is 32.2. The van der Waals surface area contributed by atoms with Gasteiger partial charge in [0.2, 0.25) is 0 Å². The summed E-state index contributed by atoms with van der Waals surface area (Å²) in [4.78, 5) is 1.25. The van der Waals surface area contributed by atoms with Crippen LogP contribution in [0.1, 0.15) is 25.5 Å².